The van der Waals surface area contributed by atoms with Gasteiger partial charge in [-0.2, -0.15) is 0 Å². The Labute approximate surface area is 419 Å². The molecule has 0 atom stereocenters. The summed E-state index contributed by atoms with van der Waals surface area (Å²) < 4.78 is 90.2. The van der Waals surface area contributed by atoms with Crippen molar-refractivity contribution in [3.8, 4) is 0 Å². The van der Waals surface area contributed by atoms with Crippen molar-refractivity contribution in [2.75, 3.05) is 264 Å². The normalized spacial score (nSPS) is 12.0. The summed E-state index contributed by atoms with van der Waals surface area (Å²) >= 11 is 0. The van der Waals surface area contributed by atoms with Gasteiger partial charge in [-0.05, 0) is 51.9 Å². The van der Waals surface area contributed by atoms with E-state index in [1.807, 2.05) is 0 Å². The van der Waals surface area contributed by atoms with E-state index in [9.17, 15) is 0 Å². The van der Waals surface area contributed by atoms with Crippen molar-refractivity contribution < 1.29 is 96.2 Å². The van der Waals surface area contributed by atoms with E-state index in [1.54, 1.807) is 0 Å². The fraction of sp³-hybridized carbons (Fsp3) is 1.00. The highest BCUT2D eigenvalue weighted by molar-refractivity contribution is 4.81. The van der Waals surface area contributed by atoms with Gasteiger partial charge in [-0.15, -0.1) is 0 Å². The summed E-state index contributed by atoms with van der Waals surface area (Å²) in [6.45, 7) is 15.0. The lowest BCUT2D eigenvalue weighted by Crippen LogP contribution is -2.43. The van der Waals surface area contributed by atoms with Gasteiger partial charge in [-0.3, -0.25) is 0 Å². The van der Waals surface area contributed by atoms with E-state index in [0.29, 0.717) is 185 Å². The standard InChI is InChI=1S/C25H56N4O8.C21H44O12/c26-5-1-9-30-13-17-34-21-25(22-35-18-14-31-10-2-6-27,23-36-19-15-32-11-3-7-28)24-37-20-16-33-12-4-8-29;22-1-5-26-9-13-30-17-21(18-31-14-10-27-6-2-23,19-32-15-11-28-7-3-24)20-33-16-12-29-8-4-25/h1-24,26-29H2;22-25H,1-20H2. The van der Waals surface area contributed by atoms with Crippen molar-refractivity contribution in [2.24, 2.45) is 33.8 Å². The van der Waals surface area contributed by atoms with Crippen molar-refractivity contribution >= 4 is 0 Å². The molecular weight excluding hydrogens is 929 g/mol. The SMILES string of the molecule is NCCCOCCOCC(COCCOCCCN)(COCCOCCCN)COCCOCCCN.OCCOCCOCC(COCCOCCO)(COCCOCCO)COCCOCCO. The Morgan fingerprint density at radius 3 is 0.486 bits per heavy atom. The van der Waals surface area contributed by atoms with Crippen LogP contribution in [0.3, 0.4) is 0 Å². The maximum atomic E-state index is 8.79. The van der Waals surface area contributed by atoms with Crippen molar-refractivity contribution in [1.29, 1.82) is 0 Å². The van der Waals surface area contributed by atoms with Crippen LogP contribution in [-0.4, -0.2) is 284 Å². The zero-order valence-electron chi connectivity index (χ0n) is 42.7. The molecule has 12 N–H and O–H groups in total. The lowest BCUT2D eigenvalue weighted by atomic mass is 9.92. The van der Waals surface area contributed by atoms with Gasteiger partial charge in [-0.25, -0.2) is 0 Å². The van der Waals surface area contributed by atoms with Gasteiger partial charge in [0, 0.05) is 26.4 Å². The molecule has 0 aromatic rings. The van der Waals surface area contributed by atoms with E-state index in [4.69, 9.17) is 119 Å². The Kier molecular flexibility index (Phi) is 61.6. The van der Waals surface area contributed by atoms with Crippen LogP contribution in [0, 0.1) is 10.8 Å². The Morgan fingerprint density at radius 1 is 0.200 bits per heavy atom. The van der Waals surface area contributed by atoms with Crippen LogP contribution in [0.25, 0.3) is 0 Å². The van der Waals surface area contributed by atoms with Crippen LogP contribution in [0.1, 0.15) is 25.7 Å². The van der Waals surface area contributed by atoms with E-state index in [2.05, 4.69) is 0 Å². The highest BCUT2D eigenvalue weighted by atomic mass is 16.6. The van der Waals surface area contributed by atoms with Gasteiger partial charge in [0.1, 0.15) is 0 Å². The molecule has 0 saturated carbocycles. The maximum Gasteiger partial charge on any atom is 0.0701 e. The molecule has 0 bridgehead atoms. The van der Waals surface area contributed by atoms with Gasteiger partial charge in [0.2, 0.25) is 0 Å². The maximum absolute atomic E-state index is 8.79. The average Bonchev–Trinajstić information content (AvgIpc) is 3.37. The molecule has 424 valence electrons. The van der Waals surface area contributed by atoms with Crippen molar-refractivity contribution in [3.05, 3.63) is 0 Å². The fourth-order valence-electron chi connectivity index (χ4n) is 5.57. The number of aliphatic hydroxyl groups is 4. The predicted octanol–water partition coefficient (Wildman–Crippen LogP) is -2.42. The molecule has 0 fully saturated rings. The molecule has 0 saturated heterocycles. The van der Waals surface area contributed by atoms with E-state index in [-0.39, 0.29) is 79.3 Å². The summed E-state index contributed by atoms with van der Waals surface area (Å²) in [7, 11) is 0. The second kappa shape index (κ2) is 60.6. The number of nitrogens with two attached hydrogens (primary N) is 4. The predicted molar refractivity (Wildman–Crippen MR) is 261 cm³/mol. The van der Waals surface area contributed by atoms with Crippen LogP contribution >= 0.6 is 0 Å². The number of hydrogen-bond donors (Lipinski definition) is 8. The second-order valence-electron chi connectivity index (χ2n) is 15.8. The summed E-state index contributed by atoms with van der Waals surface area (Å²) in [5.74, 6) is 0. The van der Waals surface area contributed by atoms with Crippen LogP contribution in [0.2, 0.25) is 0 Å². The quantitative estimate of drug-likeness (QED) is 0.0294. The number of rotatable bonds is 60. The highest BCUT2D eigenvalue weighted by Gasteiger charge is 2.34. The smallest absolute Gasteiger partial charge is 0.0701 e. The zero-order chi connectivity index (χ0) is 51.4. The largest absolute Gasteiger partial charge is 0.394 e. The lowest BCUT2D eigenvalue weighted by molar-refractivity contribution is -0.122. The Morgan fingerprint density at radius 2 is 0.343 bits per heavy atom. The summed E-state index contributed by atoms with van der Waals surface area (Å²) in [6.07, 6.45) is 3.31. The number of hydrogen-bond acceptors (Lipinski definition) is 24. The molecule has 0 amide bonds. The van der Waals surface area contributed by atoms with Crippen LogP contribution in [0.15, 0.2) is 0 Å². The van der Waals surface area contributed by atoms with Gasteiger partial charge in [0.25, 0.3) is 0 Å². The first-order valence-corrected chi connectivity index (χ1v) is 25.0. The minimum absolute atomic E-state index is 0.0471. The number of aliphatic hydroxyl groups excluding tert-OH is 4. The molecule has 0 aromatic heterocycles. The second-order valence-corrected chi connectivity index (χ2v) is 15.8. The topological polar surface area (TPSA) is 333 Å². The molecule has 0 unspecified atom stereocenters. The molecule has 24 heteroatoms. The van der Waals surface area contributed by atoms with E-state index in [0.717, 1.165) is 25.7 Å². The molecular formula is C46H100N4O20. The minimum atomic E-state index is -0.623. The number of ether oxygens (including phenoxy) is 16. The van der Waals surface area contributed by atoms with Gasteiger partial charge in [0.15, 0.2) is 0 Å². The van der Waals surface area contributed by atoms with E-state index < -0.39 is 10.8 Å². The van der Waals surface area contributed by atoms with Crippen molar-refractivity contribution in [3.63, 3.8) is 0 Å². The first-order valence-electron chi connectivity index (χ1n) is 25.0. The molecule has 0 aromatic carbocycles. The third-order valence-corrected chi connectivity index (χ3v) is 9.16. The van der Waals surface area contributed by atoms with Gasteiger partial charge >= 0.3 is 0 Å². The summed E-state index contributed by atoms with van der Waals surface area (Å²) in [5.41, 5.74) is 20.9. The molecule has 0 aliphatic rings. The third-order valence-electron chi connectivity index (χ3n) is 9.16. The van der Waals surface area contributed by atoms with Crippen LogP contribution in [0.4, 0.5) is 0 Å². The van der Waals surface area contributed by atoms with Crippen LogP contribution < -0.4 is 22.9 Å². The third kappa shape index (κ3) is 51.9. The molecule has 0 aliphatic carbocycles. The first kappa shape index (κ1) is 71.1. The molecule has 0 spiro atoms. The Bertz CT molecular complexity index is 818. The molecule has 70 heavy (non-hydrogen) atoms. The average molecular weight is 1030 g/mol. The van der Waals surface area contributed by atoms with Crippen LogP contribution in [0.5, 0.6) is 0 Å². The van der Waals surface area contributed by atoms with Crippen molar-refractivity contribution in [1.82, 2.24) is 0 Å². The zero-order valence-corrected chi connectivity index (χ0v) is 42.7. The van der Waals surface area contributed by atoms with Gasteiger partial charge in [0.05, 0.1) is 222 Å². The lowest BCUT2D eigenvalue weighted by Gasteiger charge is -2.33. The highest BCUT2D eigenvalue weighted by Crippen LogP contribution is 2.22. The van der Waals surface area contributed by atoms with E-state index in [1.165, 1.54) is 0 Å². The molecule has 0 aliphatic heterocycles. The van der Waals surface area contributed by atoms with E-state index >= 15 is 0 Å². The van der Waals surface area contributed by atoms with Crippen molar-refractivity contribution in [2.45, 2.75) is 25.7 Å². The Balaban J connectivity index is 0. The monoisotopic (exact) mass is 1030 g/mol. The summed E-state index contributed by atoms with van der Waals surface area (Å²) in [6, 6.07) is 0. The van der Waals surface area contributed by atoms with Gasteiger partial charge < -0.3 is 119 Å². The summed E-state index contributed by atoms with van der Waals surface area (Å²) in [4.78, 5) is 0. The molecule has 0 rings (SSSR count). The van der Waals surface area contributed by atoms with Crippen LogP contribution in [-0.2, 0) is 75.8 Å². The fourth-order valence-corrected chi connectivity index (χ4v) is 5.57. The molecule has 0 radical (unpaired) electrons. The minimum Gasteiger partial charge on any atom is -0.394 e. The first-order chi connectivity index (χ1) is 34.5. The molecule has 0 heterocycles. The van der Waals surface area contributed by atoms with Gasteiger partial charge in [-0.1, -0.05) is 0 Å². The Hall–Kier alpha value is -0.960. The summed E-state index contributed by atoms with van der Waals surface area (Å²) in [5, 5.41) is 35.2. The molecule has 24 nitrogen and oxygen atoms in total.